The van der Waals surface area contributed by atoms with Gasteiger partial charge in [0, 0.05) is 37.9 Å². The maximum absolute atomic E-state index is 12.6. The minimum atomic E-state index is -0.127. The zero-order valence-electron chi connectivity index (χ0n) is 13.2. The molecule has 5 nitrogen and oxygen atoms in total. The number of carbonyl (C=O) groups excluding carboxylic acids is 1. The molecule has 0 N–H and O–H groups in total. The number of aromatic nitrogens is 1. The monoisotopic (exact) mass is 304 g/mol. The summed E-state index contributed by atoms with van der Waals surface area (Å²) in [6, 6.07) is 4.97. The summed E-state index contributed by atoms with van der Waals surface area (Å²) in [5.74, 6) is 0.0362. The normalized spacial score (nSPS) is 28.2. The molecule has 1 saturated heterocycles. The summed E-state index contributed by atoms with van der Waals surface area (Å²) in [5, 5.41) is 0. The van der Waals surface area contributed by atoms with E-state index < -0.39 is 0 Å². The van der Waals surface area contributed by atoms with Crippen LogP contribution in [0.15, 0.2) is 29.2 Å². The zero-order chi connectivity index (χ0) is 15.6. The lowest BCUT2D eigenvalue weighted by Crippen LogP contribution is -2.50. The van der Waals surface area contributed by atoms with Crippen LogP contribution in [0, 0.1) is 5.41 Å². The van der Waals surface area contributed by atoms with Gasteiger partial charge < -0.3 is 14.2 Å². The number of hydrogen-bond donors (Lipinski definition) is 0. The second kappa shape index (κ2) is 6.24. The number of amides is 1. The van der Waals surface area contributed by atoms with Crippen LogP contribution < -0.4 is 5.56 Å². The molecule has 0 aromatic carbocycles. The van der Waals surface area contributed by atoms with Crippen molar-refractivity contribution in [3.8, 4) is 0 Å². The molecular weight excluding hydrogens is 280 g/mol. The lowest BCUT2D eigenvalue weighted by atomic mass is 9.76. The number of rotatable bonds is 3. The Bertz CT molecular complexity index is 598. The molecule has 2 atom stereocenters. The summed E-state index contributed by atoms with van der Waals surface area (Å²) in [5.41, 5.74) is 0.00261. The smallest absolute Gasteiger partial charge is 0.250 e. The van der Waals surface area contributed by atoms with E-state index in [0.29, 0.717) is 0 Å². The Kier molecular flexibility index (Phi) is 4.34. The van der Waals surface area contributed by atoms with Gasteiger partial charge in [0.1, 0.15) is 6.54 Å². The van der Waals surface area contributed by atoms with E-state index in [1.54, 1.807) is 25.4 Å². The van der Waals surface area contributed by atoms with Crippen molar-refractivity contribution in [2.24, 2.45) is 5.41 Å². The molecular formula is C17H24N2O3. The molecule has 1 aromatic rings. The van der Waals surface area contributed by atoms with Crippen molar-refractivity contribution in [2.75, 3.05) is 20.2 Å². The van der Waals surface area contributed by atoms with Gasteiger partial charge in [-0.1, -0.05) is 12.5 Å². The standard InChI is InChI=1S/C17H24N2O3/c1-22-14-6-4-8-17(14)9-5-11-19(13-17)16(21)12-18-10-3-2-7-15(18)20/h2-3,7,10,14H,4-6,8-9,11-13H2,1H3/t14-,17+/m1/s1. The van der Waals surface area contributed by atoms with Crippen molar-refractivity contribution in [2.45, 2.75) is 44.8 Å². The van der Waals surface area contributed by atoms with Crippen molar-refractivity contribution < 1.29 is 9.53 Å². The van der Waals surface area contributed by atoms with Crippen LogP contribution in [-0.2, 0) is 16.1 Å². The van der Waals surface area contributed by atoms with Crippen molar-refractivity contribution in [3.05, 3.63) is 34.7 Å². The van der Waals surface area contributed by atoms with E-state index in [9.17, 15) is 9.59 Å². The number of carbonyl (C=O) groups is 1. The molecule has 1 amide bonds. The average molecular weight is 304 g/mol. The Balaban J connectivity index is 1.71. The molecule has 2 fully saturated rings. The van der Waals surface area contributed by atoms with E-state index in [1.807, 2.05) is 4.90 Å². The topological polar surface area (TPSA) is 51.5 Å². The van der Waals surface area contributed by atoms with Crippen LogP contribution in [0.2, 0.25) is 0 Å². The summed E-state index contributed by atoms with van der Waals surface area (Å²) in [4.78, 5) is 26.3. The second-order valence-corrected chi connectivity index (χ2v) is 6.56. The van der Waals surface area contributed by atoms with E-state index in [1.165, 1.54) is 17.1 Å². The van der Waals surface area contributed by atoms with Gasteiger partial charge in [-0.25, -0.2) is 0 Å². The van der Waals surface area contributed by atoms with Gasteiger partial charge in [0.25, 0.3) is 5.56 Å². The third-order valence-electron chi connectivity index (χ3n) is 5.27. The summed E-state index contributed by atoms with van der Waals surface area (Å²) >= 11 is 0. The minimum Gasteiger partial charge on any atom is -0.381 e. The predicted octanol–water partition coefficient (Wildman–Crippen LogP) is 1.66. The Morgan fingerprint density at radius 3 is 2.95 bits per heavy atom. The number of piperidine rings is 1. The number of likely N-dealkylation sites (tertiary alicyclic amines) is 1. The molecule has 1 aromatic heterocycles. The Morgan fingerprint density at radius 2 is 2.18 bits per heavy atom. The first-order valence-electron chi connectivity index (χ1n) is 8.11. The highest BCUT2D eigenvalue weighted by Gasteiger charge is 2.46. The van der Waals surface area contributed by atoms with Gasteiger partial charge in [0.2, 0.25) is 5.91 Å². The number of methoxy groups -OCH3 is 1. The van der Waals surface area contributed by atoms with Crippen molar-refractivity contribution in [3.63, 3.8) is 0 Å². The van der Waals surface area contributed by atoms with Gasteiger partial charge in [0.15, 0.2) is 0 Å². The first-order valence-corrected chi connectivity index (χ1v) is 8.11. The fraction of sp³-hybridized carbons (Fsp3) is 0.647. The fourth-order valence-corrected chi connectivity index (χ4v) is 4.15. The van der Waals surface area contributed by atoms with Crippen LogP contribution >= 0.6 is 0 Å². The van der Waals surface area contributed by atoms with Crippen LogP contribution in [0.5, 0.6) is 0 Å². The third-order valence-corrected chi connectivity index (χ3v) is 5.27. The van der Waals surface area contributed by atoms with Crippen molar-refractivity contribution in [1.29, 1.82) is 0 Å². The lowest BCUT2D eigenvalue weighted by molar-refractivity contribution is -0.138. The zero-order valence-corrected chi connectivity index (χ0v) is 13.2. The molecule has 1 saturated carbocycles. The maximum atomic E-state index is 12.6. The van der Waals surface area contributed by atoms with E-state index in [0.717, 1.165) is 38.8 Å². The molecule has 22 heavy (non-hydrogen) atoms. The number of ether oxygens (including phenoxy) is 1. The van der Waals surface area contributed by atoms with Gasteiger partial charge in [-0.15, -0.1) is 0 Å². The molecule has 1 spiro atoms. The largest absolute Gasteiger partial charge is 0.381 e. The fourth-order valence-electron chi connectivity index (χ4n) is 4.15. The van der Waals surface area contributed by atoms with Crippen molar-refractivity contribution in [1.82, 2.24) is 9.47 Å². The van der Waals surface area contributed by atoms with Gasteiger partial charge >= 0.3 is 0 Å². The van der Waals surface area contributed by atoms with Gasteiger partial charge in [-0.2, -0.15) is 0 Å². The summed E-state index contributed by atoms with van der Waals surface area (Å²) in [6.07, 6.45) is 7.52. The van der Waals surface area contributed by atoms with E-state index in [2.05, 4.69) is 0 Å². The van der Waals surface area contributed by atoms with Crippen LogP contribution in [0.25, 0.3) is 0 Å². The molecule has 2 aliphatic rings. The van der Waals surface area contributed by atoms with E-state index >= 15 is 0 Å². The van der Waals surface area contributed by atoms with E-state index in [4.69, 9.17) is 4.74 Å². The number of hydrogen-bond acceptors (Lipinski definition) is 3. The molecule has 3 rings (SSSR count). The van der Waals surface area contributed by atoms with E-state index in [-0.39, 0.29) is 29.5 Å². The Labute approximate surface area is 130 Å². The first-order chi connectivity index (χ1) is 10.6. The predicted molar refractivity (Wildman–Crippen MR) is 83.6 cm³/mol. The van der Waals surface area contributed by atoms with Crippen LogP contribution in [0.4, 0.5) is 0 Å². The van der Waals surface area contributed by atoms with Crippen LogP contribution in [-0.4, -0.2) is 41.7 Å². The Morgan fingerprint density at radius 1 is 1.36 bits per heavy atom. The summed E-state index contributed by atoms with van der Waals surface area (Å²) in [6.45, 7) is 1.69. The lowest BCUT2D eigenvalue weighted by Gasteiger charge is -2.43. The molecule has 0 radical (unpaired) electrons. The number of nitrogens with zero attached hydrogens (tertiary/aromatic N) is 2. The average Bonchev–Trinajstić information content (AvgIpc) is 2.91. The molecule has 5 heteroatoms. The number of pyridine rings is 1. The maximum Gasteiger partial charge on any atom is 0.250 e. The SMILES string of the molecule is CO[C@@H]1CCC[C@@]12CCCN(C(=O)Cn1ccccc1=O)C2. The van der Waals surface area contributed by atoms with Crippen LogP contribution in [0.1, 0.15) is 32.1 Å². The molecule has 1 aliphatic heterocycles. The van der Waals surface area contributed by atoms with Crippen molar-refractivity contribution >= 4 is 5.91 Å². The highest BCUT2D eigenvalue weighted by molar-refractivity contribution is 5.76. The summed E-state index contributed by atoms with van der Waals surface area (Å²) < 4.78 is 7.15. The van der Waals surface area contributed by atoms with Crippen LogP contribution in [0.3, 0.4) is 0 Å². The van der Waals surface area contributed by atoms with Gasteiger partial charge in [0.05, 0.1) is 6.10 Å². The minimum absolute atomic E-state index is 0.0362. The first kappa shape index (κ1) is 15.3. The van der Waals surface area contributed by atoms with Gasteiger partial charge in [-0.05, 0) is 31.7 Å². The quantitative estimate of drug-likeness (QED) is 0.853. The molecule has 1 aliphatic carbocycles. The molecule has 2 heterocycles. The highest BCUT2D eigenvalue weighted by Crippen LogP contribution is 2.46. The highest BCUT2D eigenvalue weighted by atomic mass is 16.5. The Hall–Kier alpha value is -1.62. The summed E-state index contributed by atoms with van der Waals surface area (Å²) in [7, 11) is 1.78. The third kappa shape index (κ3) is 2.82. The molecule has 120 valence electrons. The van der Waals surface area contributed by atoms with Gasteiger partial charge in [-0.3, -0.25) is 9.59 Å². The molecule has 0 unspecified atom stereocenters. The molecule has 0 bridgehead atoms. The second-order valence-electron chi connectivity index (χ2n) is 6.56.